The first kappa shape index (κ1) is 10.9. The Morgan fingerprint density at radius 3 is 2.93 bits per heavy atom. The van der Waals surface area contributed by atoms with Crippen molar-refractivity contribution in [2.24, 2.45) is 5.92 Å². The van der Waals surface area contributed by atoms with E-state index in [1.54, 1.807) is 0 Å². The highest BCUT2D eigenvalue weighted by molar-refractivity contribution is 4.89. The molecule has 0 spiro atoms. The molecular formula is C12H20N2O. The molecule has 3 heteroatoms. The maximum atomic E-state index is 8.91. The third-order valence-electron chi connectivity index (χ3n) is 3.42. The fourth-order valence-corrected chi connectivity index (χ4v) is 2.57. The van der Waals surface area contributed by atoms with Gasteiger partial charge in [0.2, 0.25) is 0 Å². The second kappa shape index (κ2) is 5.48. The van der Waals surface area contributed by atoms with E-state index in [9.17, 15) is 0 Å². The highest BCUT2D eigenvalue weighted by Crippen LogP contribution is 2.19. The lowest BCUT2D eigenvalue weighted by atomic mass is 9.99. The van der Waals surface area contributed by atoms with E-state index in [1.165, 1.54) is 25.7 Å². The van der Waals surface area contributed by atoms with Crippen LogP contribution < -0.4 is 0 Å². The van der Waals surface area contributed by atoms with E-state index in [2.05, 4.69) is 11.0 Å². The van der Waals surface area contributed by atoms with Gasteiger partial charge in [-0.15, -0.1) is 0 Å². The lowest BCUT2D eigenvalue weighted by molar-refractivity contribution is -0.0108. The summed E-state index contributed by atoms with van der Waals surface area (Å²) in [5.74, 6) is 0.252. The Hall–Kier alpha value is -0.590. The van der Waals surface area contributed by atoms with E-state index in [1.807, 2.05) is 0 Å². The summed E-state index contributed by atoms with van der Waals surface area (Å²) in [6.45, 7) is 4.08. The van der Waals surface area contributed by atoms with Crippen molar-refractivity contribution in [3.05, 3.63) is 0 Å². The topological polar surface area (TPSA) is 36.3 Å². The van der Waals surface area contributed by atoms with Crippen molar-refractivity contribution < 1.29 is 4.74 Å². The molecule has 2 fully saturated rings. The highest BCUT2D eigenvalue weighted by atomic mass is 16.5. The van der Waals surface area contributed by atoms with Crippen molar-refractivity contribution in [1.82, 2.24) is 4.90 Å². The quantitative estimate of drug-likeness (QED) is 0.694. The minimum Gasteiger partial charge on any atom is -0.377 e. The molecule has 0 radical (unpaired) electrons. The molecule has 0 N–H and O–H groups in total. The van der Waals surface area contributed by atoms with Gasteiger partial charge in [0.15, 0.2) is 0 Å². The second-order valence-electron chi connectivity index (χ2n) is 4.72. The van der Waals surface area contributed by atoms with Crippen LogP contribution in [0.4, 0.5) is 0 Å². The van der Waals surface area contributed by atoms with Gasteiger partial charge in [-0.25, -0.2) is 0 Å². The number of piperidine rings is 1. The van der Waals surface area contributed by atoms with Gasteiger partial charge < -0.3 is 4.74 Å². The third-order valence-corrected chi connectivity index (χ3v) is 3.42. The van der Waals surface area contributed by atoms with Crippen LogP contribution in [0, 0.1) is 17.2 Å². The molecule has 0 aromatic rings. The Kier molecular flexibility index (Phi) is 3.99. The summed E-state index contributed by atoms with van der Waals surface area (Å²) in [4.78, 5) is 2.41. The summed E-state index contributed by atoms with van der Waals surface area (Å²) in [5, 5.41) is 8.91. The van der Waals surface area contributed by atoms with Crippen LogP contribution in [0.5, 0.6) is 0 Å². The van der Waals surface area contributed by atoms with Crippen LogP contribution >= 0.6 is 0 Å². The summed E-state index contributed by atoms with van der Waals surface area (Å²) >= 11 is 0. The van der Waals surface area contributed by atoms with E-state index in [4.69, 9.17) is 10.00 Å². The van der Waals surface area contributed by atoms with Crippen molar-refractivity contribution in [2.45, 2.75) is 38.2 Å². The molecule has 2 aliphatic rings. The van der Waals surface area contributed by atoms with E-state index in [-0.39, 0.29) is 5.92 Å². The minimum absolute atomic E-state index is 0.252. The molecule has 2 aliphatic heterocycles. The largest absolute Gasteiger partial charge is 0.377 e. The predicted molar refractivity (Wildman–Crippen MR) is 58.4 cm³/mol. The van der Waals surface area contributed by atoms with Crippen LogP contribution in [0.3, 0.4) is 0 Å². The molecule has 2 heterocycles. The molecule has 0 aliphatic carbocycles. The summed E-state index contributed by atoms with van der Waals surface area (Å²) < 4.78 is 5.72. The molecule has 0 amide bonds. The molecule has 2 rings (SSSR count). The van der Waals surface area contributed by atoms with Crippen LogP contribution in [0.25, 0.3) is 0 Å². The SMILES string of the molecule is N#CC1CCCN(CC2CCCCO2)C1. The Labute approximate surface area is 92.0 Å². The van der Waals surface area contributed by atoms with E-state index in [0.717, 1.165) is 32.7 Å². The summed E-state index contributed by atoms with van der Waals surface area (Å²) in [6.07, 6.45) is 6.41. The fourth-order valence-electron chi connectivity index (χ4n) is 2.57. The zero-order valence-corrected chi connectivity index (χ0v) is 9.32. The molecule has 15 heavy (non-hydrogen) atoms. The molecule has 2 saturated heterocycles. The Bertz CT molecular complexity index is 230. The fraction of sp³-hybridized carbons (Fsp3) is 0.917. The number of rotatable bonds is 2. The van der Waals surface area contributed by atoms with Crippen LogP contribution in [0.2, 0.25) is 0 Å². The first-order valence-electron chi connectivity index (χ1n) is 6.12. The Balaban J connectivity index is 1.75. The summed E-state index contributed by atoms with van der Waals surface area (Å²) in [6, 6.07) is 2.39. The molecule has 2 unspecified atom stereocenters. The van der Waals surface area contributed by atoms with Gasteiger partial charge in [0.25, 0.3) is 0 Å². The molecule has 3 nitrogen and oxygen atoms in total. The Morgan fingerprint density at radius 1 is 1.27 bits per heavy atom. The van der Waals surface area contributed by atoms with Crippen molar-refractivity contribution in [2.75, 3.05) is 26.2 Å². The van der Waals surface area contributed by atoms with Gasteiger partial charge in [0.05, 0.1) is 18.1 Å². The maximum absolute atomic E-state index is 8.91. The van der Waals surface area contributed by atoms with Crippen LogP contribution in [0.1, 0.15) is 32.1 Å². The van der Waals surface area contributed by atoms with E-state index < -0.39 is 0 Å². The van der Waals surface area contributed by atoms with Gasteiger partial charge in [0, 0.05) is 19.7 Å². The number of nitriles is 1. The number of hydrogen-bond donors (Lipinski definition) is 0. The van der Waals surface area contributed by atoms with Gasteiger partial charge in [-0.1, -0.05) is 0 Å². The summed E-state index contributed by atoms with van der Waals surface area (Å²) in [7, 11) is 0. The highest BCUT2D eigenvalue weighted by Gasteiger charge is 2.23. The normalized spacial score (nSPS) is 33.5. The zero-order valence-electron chi connectivity index (χ0n) is 9.32. The van der Waals surface area contributed by atoms with Crippen LogP contribution in [-0.2, 0) is 4.74 Å². The number of nitrogens with zero attached hydrogens (tertiary/aromatic N) is 2. The number of hydrogen-bond acceptors (Lipinski definition) is 3. The van der Waals surface area contributed by atoms with Crippen LogP contribution in [-0.4, -0.2) is 37.2 Å². The number of likely N-dealkylation sites (tertiary alicyclic amines) is 1. The first-order valence-corrected chi connectivity index (χ1v) is 6.12. The average Bonchev–Trinajstić information content (AvgIpc) is 2.31. The standard InChI is InChI=1S/C12H20N2O/c13-8-11-4-3-6-14(9-11)10-12-5-1-2-7-15-12/h11-12H,1-7,9-10H2. The van der Waals surface area contributed by atoms with E-state index >= 15 is 0 Å². The van der Waals surface area contributed by atoms with Crippen molar-refractivity contribution in [3.8, 4) is 6.07 Å². The van der Waals surface area contributed by atoms with Gasteiger partial charge in [0.1, 0.15) is 0 Å². The molecule has 0 saturated carbocycles. The lowest BCUT2D eigenvalue weighted by Crippen LogP contribution is -2.41. The maximum Gasteiger partial charge on any atom is 0.0702 e. The van der Waals surface area contributed by atoms with Gasteiger partial charge >= 0.3 is 0 Å². The van der Waals surface area contributed by atoms with Crippen molar-refractivity contribution in [3.63, 3.8) is 0 Å². The summed E-state index contributed by atoms with van der Waals surface area (Å²) in [5.41, 5.74) is 0. The van der Waals surface area contributed by atoms with Crippen LogP contribution in [0.15, 0.2) is 0 Å². The first-order chi connectivity index (χ1) is 7.38. The smallest absolute Gasteiger partial charge is 0.0702 e. The Morgan fingerprint density at radius 2 is 2.20 bits per heavy atom. The molecule has 2 atom stereocenters. The predicted octanol–water partition coefficient (Wildman–Crippen LogP) is 1.79. The van der Waals surface area contributed by atoms with E-state index in [0.29, 0.717) is 6.10 Å². The average molecular weight is 208 g/mol. The molecule has 0 bridgehead atoms. The zero-order chi connectivity index (χ0) is 10.5. The van der Waals surface area contributed by atoms with Gasteiger partial charge in [-0.05, 0) is 38.6 Å². The van der Waals surface area contributed by atoms with Crippen molar-refractivity contribution >= 4 is 0 Å². The van der Waals surface area contributed by atoms with Gasteiger partial charge in [-0.3, -0.25) is 4.90 Å². The monoisotopic (exact) mass is 208 g/mol. The minimum atomic E-state index is 0.252. The molecule has 0 aromatic heterocycles. The second-order valence-corrected chi connectivity index (χ2v) is 4.72. The lowest BCUT2D eigenvalue weighted by Gasteiger charge is -2.33. The third kappa shape index (κ3) is 3.19. The molecular weight excluding hydrogens is 188 g/mol. The molecule has 84 valence electrons. The van der Waals surface area contributed by atoms with Gasteiger partial charge in [-0.2, -0.15) is 5.26 Å². The number of ether oxygens (including phenoxy) is 1. The molecule has 0 aromatic carbocycles. The van der Waals surface area contributed by atoms with Crippen molar-refractivity contribution in [1.29, 1.82) is 5.26 Å².